The quantitative estimate of drug-likeness (QED) is 0.434. The Morgan fingerprint density at radius 1 is 1.19 bits per heavy atom. The molecule has 9 heteroatoms. The smallest absolute Gasteiger partial charge is 0.165 e. The summed E-state index contributed by atoms with van der Waals surface area (Å²) in [4.78, 5) is 21.4. The molecular formula is C23H21FN6O2. The van der Waals surface area contributed by atoms with Gasteiger partial charge < -0.3 is 4.74 Å². The van der Waals surface area contributed by atoms with Gasteiger partial charge in [0, 0.05) is 42.4 Å². The molecule has 32 heavy (non-hydrogen) atoms. The lowest BCUT2D eigenvalue weighted by Crippen LogP contribution is -2.41. The Morgan fingerprint density at radius 3 is 2.69 bits per heavy atom. The number of aromatic nitrogens is 6. The van der Waals surface area contributed by atoms with Gasteiger partial charge in [-0.25, -0.2) is 19.0 Å². The van der Waals surface area contributed by atoms with Crippen molar-refractivity contribution in [1.29, 1.82) is 0 Å². The first-order valence-corrected chi connectivity index (χ1v) is 10.2. The van der Waals surface area contributed by atoms with Gasteiger partial charge in [-0.2, -0.15) is 0 Å². The van der Waals surface area contributed by atoms with Crippen molar-refractivity contribution in [3.05, 3.63) is 66.5 Å². The summed E-state index contributed by atoms with van der Waals surface area (Å²) in [6.45, 7) is 3.27. The number of halogens is 1. The molecule has 4 aromatic rings. The zero-order valence-corrected chi connectivity index (χ0v) is 17.7. The minimum absolute atomic E-state index is 0.0525. The van der Waals surface area contributed by atoms with Gasteiger partial charge in [0.05, 0.1) is 13.2 Å². The highest BCUT2D eigenvalue weighted by atomic mass is 19.1. The Balaban J connectivity index is 1.41. The molecule has 1 fully saturated rings. The van der Waals surface area contributed by atoms with Gasteiger partial charge in [0.15, 0.2) is 5.78 Å². The maximum atomic E-state index is 14.3. The van der Waals surface area contributed by atoms with Crippen molar-refractivity contribution in [2.24, 2.45) is 12.5 Å². The molecule has 0 unspecified atom stereocenters. The van der Waals surface area contributed by atoms with Crippen molar-refractivity contribution in [1.82, 2.24) is 29.5 Å². The molecule has 0 aliphatic carbocycles. The van der Waals surface area contributed by atoms with Crippen molar-refractivity contribution in [3.63, 3.8) is 0 Å². The van der Waals surface area contributed by atoms with E-state index >= 15 is 0 Å². The maximum absolute atomic E-state index is 14.3. The summed E-state index contributed by atoms with van der Waals surface area (Å²) in [7, 11) is 1.73. The molecule has 162 valence electrons. The summed E-state index contributed by atoms with van der Waals surface area (Å²) >= 11 is 0. The maximum Gasteiger partial charge on any atom is 0.165 e. The van der Waals surface area contributed by atoms with Crippen molar-refractivity contribution < 1.29 is 13.9 Å². The summed E-state index contributed by atoms with van der Waals surface area (Å²) in [5.41, 5.74) is 2.43. The van der Waals surface area contributed by atoms with E-state index in [9.17, 15) is 9.18 Å². The zero-order chi connectivity index (χ0) is 22.3. The number of hydrogen-bond donors (Lipinski definition) is 0. The summed E-state index contributed by atoms with van der Waals surface area (Å²) < 4.78 is 22.9. The lowest BCUT2D eigenvalue weighted by atomic mass is 9.82. The number of carbonyl (C=O) groups excluding carboxylic acids is 1. The second-order valence-electron chi connectivity index (χ2n) is 8.36. The molecule has 1 aliphatic rings. The third-order valence-electron chi connectivity index (χ3n) is 5.60. The van der Waals surface area contributed by atoms with Gasteiger partial charge in [-0.3, -0.25) is 9.36 Å². The standard InChI is InChI=1S/C23H21FN6O2/c1-23(12-32-13-23)9-19(31)15-7-8-20(25-10-15)30-11-18(26-14-30)22-21(27-28-29(22)2)16-5-3-4-6-17(16)24/h3-8,10-11,14H,9,12-13H2,1-2H3. The van der Waals surface area contributed by atoms with Crippen LogP contribution in [0.15, 0.2) is 55.1 Å². The zero-order valence-electron chi connectivity index (χ0n) is 17.7. The molecule has 5 rings (SSSR count). The average Bonchev–Trinajstić information content (AvgIpc) is 3.39. The monoisotopic (exact) mass is 432 g/mol. The van der Waals surface area contributed by atoms with Crippen LogP contribution in [0, 0.1) is 11.2 Å². The summed E-state index contributed by atoms with van der Waals surface area (Å²) in [6.07, 6.45) is 5.41. The minimum atomic E-state index is -0.377. The minimum Gasteiger partial charge on any atom is -0.380 e. The number of nitrogens with zero attached hydrogens (tertiary/aromatic N) is 6. The van der Waals surface area contributed by atoms with Crippen LogP contribution < -0.4 is 0 Å². The van der Waals surface area contributed by atoms with E-state index in [0.29, 0.717) is 53.7 Å². The number of rotatable bonds is 6. The van der Waals surface area contributed by atoms with Gasteiger partial charge in [0.1, 0.15) is 35.0 Å². The fourth-order valence-electron chi connectivity index (χ4n) is 3.80. The molecule has 8 nitrogen and oxygen atoms in total. The van der Waals surface area contributed by atoms with Crippen molar-refractivity contribution in [2.75, 3.05) is 13.2 Å². The third-order valence-corrected chi connectivity index (χ3v) is 5.60. The van der Waals surface area contributed by atoms with Crippen LogP contribution in [0.2, 0.25) is 0 Å². The number of ether oxygens (including phenoxy) is 1. The molecule has 0 bridgehead atoms. The van der Waals surface area contributed by atoms with E-state index in [2.05, 4.69) is 20.3 Å². The van der Waals surface area contributed by atoms with E-state index in [-0.39, 0.29) is 17.0 Å². The number of imidazole rings is 1. The molecule has 0 N–H and O–H groups in total. The number of benzene rings is 1. The topological polar surface area (TPSA) is 87.7 Å². The van der Waals surface area contributed by atoms with Crippen LogP contribution in [-0.4, -0.2) is 48.5 Å². The second-order valence-corrected chi connectivity index (χ2v) is 8.36. The number of carbonyl (C=O) groups is 1. The Hall–Kier alpha value is -3.72. The van der Waals surface area contributed by atoms with Crippen molar-refractivity contribution in [2.45, 2.75) is 13.3 Å². The Kier molecular flexibility index (Phi) is 4.90. The van der Waals surface area contributed by atoms with E-state index in [1.165, 1.54) is 6.07 Å². The number of pyridine rings is 1. The molecule has 3 aromatic heterocycles. The lowest BCUT2D eigenvalue weighted by Gasteiger charge is -2.37. The van der Waals surface area contributed by atoms with Gasteiger partial charge in [-0.1, -0.05) is 24.3 Å². The van der Waals surface area contributed by atoms with Gasteiger partial charge >= 0.3 is 0 Å². The molecule has 0 saturated carbocycles. The predicted octanol–water partition coefficient (Wildman–Crippen LogP) is 3.48. The highest BCUT2D eigenvalue weighted by Crippen LogP contribution is 2.32. The van der Waals surface area contributed by atoms with Crippen LogP contribution in [0.25, 0.3) is 28.5 Å². The predicted molar refractivity (Wildman–Crippen MR) is 115 cm³/mol. The van der Waals surface area contributed by atoms with Crippen LogP contribution in [0.5, 0.6) is 0 Å². The SMILES string of the molecule is Cn1nnc(-c2ccccc2F)c1-c1cn(-c2ccc(C(=O)CC3(C)COC3)cn2)cn1. The number of ketones is 1. The normalized spacial score (nSPS) is 14.8. The van der Waals surface area contributed by atoms with Crippen LogP contribution in [0.3, 0.4) is 0 Å². The van der Waals surface area contributed by atoms with E-state index in [4.69, 9.17) is 4.74 Å². The molecule has 4 heterocycles. The molecule has 1 saturated heterocycles. The third kappa shape index (κ3) is 3.60. The fourth-order valence-corrected chi connectivity index (χ4v) is 3.80. The fraction of sp³-hybridized carbons (Fsp3) is 0.261. The number of aryl methyl sites for hydroxylation is 1. The molecule has 0 atom stereocenters. The van der Waals surface area contributed by atoms with Crippen LogP contribution in [0.4, 0.5) is 4.39 Å². The highest BCUT2D eigenvalue weighted by Gasteiger charge is 2.35. The van der Waals surface area contributed by atoms with E-state index in [1.54, 1.807) is 65.3 Å². The van der Waals surface area contributed by atoms with Gasteiger partial charge in [0.25, 0.3) is 0 Å². The Bertz CT molecular complexity index is 1290. The van der Waals surface area contributed by atoms with Crippen LogP contribution >= 0.6 is 0 Å². The first-order chi connectivity index (χ1) is 15.4. The first-order valence-electron chi connectivity index (χ1n) is 10.2. The van der Waals surface area contributed by atoms with Gasteiger partial charge in [-0.15, -0.1) is 5.10 Å². The lowest BCUT2D eigenvalue weighted by molar-refractivity contribution is -0.0996. The second kappa shape index (κ2) is 7.76. The Morgan fingerprint density at radius 2 is 2.00 bits per heavy atom. The van der Waals surface area contributed by atoms with E-state index in [0.717, 1.165) is 0 Å². The summed E-state index contributed by atoms with van der Waals surface area (Å²) in [5.74, 6) is 0.288. The van der Waals surface area contributed by atoms with Gasteiger partial charge in [-0.05, 0) is 24.3 Å². The molecule has 0 spiro atoms. The first kappa shape index (κ1) is 20.2. The molecular weight excluding hydrogens is 411 g/mol. The molecule has 1 aliphatic heterocycles. The largest absolute Gasteiger partial charge is 0.380 e. The van der Waals surface area contributed by atoms with E-state index in [1.807, 2.05) is 6.92 Å². The molecule has 1 aromatic carbocycles. The van der Waals surface area contributed by atoms with Crippen molar-refractivity contribution in [3.8, 4) is 28.5 Å². The summed E-state index contributed by atoms with van der Waals surface area (Å²) in [6, 6.07) is 9.97. The van der Waals surface area contributed by atoms with Gasteiger partial charge in [0.2, 0.25) is 0 Å². The number of Topliss-reactive ketones (excluding diaryl/α,β-unsaturated/α-hetero) is 1. The summed E-state index contributed by atoms with van der Waals surface area (Å²) in [5, 5.41) is 8.19. The molecule has 0 amide bonds. The van der Waals surface area contributed by atoms with Crippen molar-refractivity contribution >= 4 is 5.78 Å². The van der Waals surface area contributed by atoms with E-state index < -0.39 is 0 Å². The average molecular weight is 432 g/mol. The number of hydrogen-bond acceptors (Lipinski definition) is 6. The van der Waals surface area contributed by atoms with Crippen LogP contribution in [-0.2, 0) is 11.8 Å². The molecule has 0 radical (unpaired) electrons. The Labute approximate surface area is 183 Å². The van der Waals surface area contributed by atoms with Crippen LogP contribution in [0.1, 0.15) is 23.7 Å². The highest BCUT2D eigenvalue weighted by molar-refractivity contribution is 5.96.